The number of carbonyl (C=O) groups excluding carboxylic acids is 1. The van der Waals surface area contributed by atoms with Gasteiger partial charge in [0.1, 0.15) is 5.82 Å². The smallest absolute Gasteiger partial charge is 0.209 e. The molecule has 3 heterocycles. The largest absolute Gasteiger partial charge is 0.345 e. The third-order valence-corrected chi connectivity index (χ3v) is 4.91. The molecular weight excluding hydrogens is 322 g/mol. The minimum Gasteiger partial charge on any atom is -0.345 e. The van der Waals surface area contributed by atoms with Crippen LogP contribution in [-0.4, -0.2) is 33.8 Å². The molecule has 1 amide bonds. The zero-order valence-corrected chi connectivity index (χ0v) is 14.0. The number of nitrogens with zero attached hydrogens (tertiary/aromatic N) is 3. The lowest BCUT2D eigenvalue weighted by Gasteiger charge is -2.29. The first-order chi connectivity index (χ1) is 11.8. The van der Waals surface area contributed by atoms with E-state index in [0.717, 1.165) is 60.0 Å². The second kappa shape index (κ2) is 6.29. The van der Waals surface area contributed by atoms with Crippen molar-refractivity contribution >= 4 is 23.5 Å². The molecule has 1 aliphatic heterocycles. The Morgan fingerprint density at radius 3 is 2.79 bits per heavy atom. The van der Waals surface area contributed by atoms with Crippen molar-refractivity contribution in [3.05, 3.63) is 59.5 Å². The van der Waals surface area contributed by atoms with Gasteiger partial charge >= 0.3 is 0 Å². The molecule has 1 atom stereocenters. The van der Waals surface area contributed by atoms with Gasteiger partial charge < -0.3 is 9.30 Å². The van der Waals surface area contributed by atoms with Gasteiger partial charge in [0, 0.05) is 35.8 Å². The topological polar surface area (TPSA) is 37.6 Å². The molecule has 122 valence electrons. The molecule has 1 fully saturated rings. The maximum absolute atomic E-state index is 11.1. The Bertz CT molecular complexity index is 872. The maximum Gasteiger partial charge on any atom is 0.209 e. The van der Waals surface area contributed by atoms with Gasteiger partial charge in [-0.2, -0.15) is 0 Å². The number of pyridine rings is 1. The van der Waals surface area contributed by atoms with E-state index in [1.54, 1.807) is 0 Å². The molecule has 0 spiro atoms. The van der Waals surface area contributed by atoms with Crippen molar-refractivity contribution in [2.24, 2.45) is 0 Å². The summed E-state index contributed by atoms with van der Waals surface area (Å²) in [5, 5.41) is 0.719. The second-order valence-electron chi connectivity index (χ2n) is 6.22. The molecule has 1 saturated heterocycles. The summed E-state index contributed by atoms with van der Waals surface area (Å²) in [5.74, 6) is 1.29. The van der Waals surface area contributed by atoms with Crippen molar-refractivity contribution in [3.63, 3.8) is 0 Å². The molecule has 2 aromatic heterocycles. The lowest BCUT2D eigenvalue weighted by molar-refractivity contribution is -0.119. The minimum absolute atomic E-state index is 0.264. The Hall–Kier alpha value is -2.33. The standard InChI is InChI=1S/C19H18ClN3O/c20-16-8-6-14(7-9-16)18-17-5-1-2-11-23(17)19(21-18)15-4-3-10-22(12-15)13-24/h1-2,5-9,11,13,15H,3-4,10,12H2. The van der Waals surface area contributed by atoms with E-state index < -0.39 is 0 Å². The van der Waals surface area contributed by atoms with E-state index in [1.165, 1.54) is 0 Å². The van der Waals surface area contributed by atoms with Crippen molar-refractivity contribution in [2.45, 2.75) is 18.8 Å². The summed E-state index contributed by atoms with van der Waals surface area (Å²) in [5.41, 5.74) is 3.10. The number of halogens is 1. The van der Waals surface area contributed by atoms with Gasteiger partial charge in [-0.25, -0.2) is 4.98 Å². The van der Waals surface area contributed by atoms with E-state index in [1.807, 2.05) is 41.3 Å². The zero-order valence-electron chi connectivity index (χ0n) is 13.2. The summed E-state index contributed by atoms with van der Waals surface area (Å²) in [6, 6.07) is 13.9. The van der Waals surface area contributed by atoms with E-state index >= 15 is 0 Å². The minimum atomic E-state index is 0.264. The van der Waals surface area contributed by atoms with Crippen LogP contribution >= 0.6 is 11.6 Å². The molecule has 0 saturated carbocycles. The highest BCUT2D eigenvalue weighted by molar-refractivity contribution is 6.30. The molecule has 4 nitrogen and oxygen atoms in total. The Kier molecular flexibility index (Phi) is 3.98. The SMILES string of the molecule is O=CN1CCCC(c2nc(-c3ccc(Cl)cc3)c3ccccn23)C1. The molecular formula is C19H18ClN3O. The number of fused-ring (bicyclic) bond motifs is 1. The quantitative estimate of drug-likeness (QED) is 0.677. The van der Waals surface area contributed by atoms with Crippen LogP contribution < -0.4 is 0 Å². The summed E-state index contributed by atoms with van der Waals surface area (Å²) >= 11 is 6.01. The Labute approximate surface area is 145 Å². The first kappa shape index (κ1) is 15.2. The van der Waals surface area contributed by atoms with Gasteiger partial charge in [-0.05, 0) is 37.1 Å². The van der Waals surface area contributed by atoms with Crippen LogP contribution in [0.1, 0.15) is 24.6 Å². The molecule has 0 radical (unpaired) electrons. The fourth-order valence-electron chi connectivity index (χ4n) is 3.48. The van der Waals surface area contributed by atoms with Gasteiger partial charge in [0.2, 0.25) is 6.41 Å². The second-order valence-corrected chi connectivity index (χ2v) is 6.66. The summed E-state index contributed by atoms with van der Waals surface area (Å²) < 4.78 is 2.16. The van der Waals surface area contributed by atoms with E-state index in [-0.39, 0.29) is 5.92 Å². The number of hydrogen-bond donors (Lipinski definition) is 0. The molecule has 1 aromatic carbocycles. The van der Waals surface area contributed by atoms with Gasteiger partial charge in [-0.15, -0.1) is 0 Å². The molecule has 5 heteroatoms. The van der Waals surface area contributed by atoms with Crippen molar-refractivity contribution in [1.82, 2.24) is 14.3 Å². The van der Waals surface area contributed by atoms with Crippen LogP contribution in [0.25, 0.3) is 16.8 Å². The van der Waals surface area contributed by atoms with Gasteiger partial charge in [-0.1, -0.05) is 29.8 Å². The number of imidazole rings is 1. The van der Waals surface area contributed by atoms with Crippen LogP contribution in [-0.2, 0) is 4.79 Å². The first-order valence-electron chi connectivity index (χ1n) is 8.18. The summed E-state index contributed by atoms with van der Waals surface area (Å²) in [4.78, 5) is 18.0. The molecule has 0 N–H and O–H groups in total. The number of likely N-dealkylation sites (tertiary alicyclic amines) is 1. The summed E-state index contributed by atoms with van der Waals surface area (Å²) in [6.45, 7) is 1.57. The van der Waals surface area contributed by atoms with Crippen molar-refractivity contribution in [2.75, 3.05) is 13.1 Å². The highest BCUT2D eigenvalue weighted by Gasteiger charge is 2.25. The Morgan fingerprint density at radius 2 is 2.00 bits per heavy atom. The first-order valence-corrected chi connectivity index (χ1v) is 8.56. The number of amides is 1. The number of carbonyl (C=O) groups is 1. The highest BCUT2D eigenvalue weighted by Crippen LogP contribution is 2.32. The number of hydrogen-bond acceptors (Lipinski definition) is 2. The molecule has 24 heavy (non-hydrogen) atoms. The highest BCUT2D eigenvalue weighted by atomic mass is 35.5. The molecule has 3 aromatic rings. The number of piperidine rings is 1. The summed E-state index contributed by atoms with van der Waals surface area (Å²) in [6.07, 6.45) is 5.07. The van der Waals surface area contributed by atoms with E-state index in [4.69, 9.17) is 16.6 Å². The van der Waals surface area contributed by atoms with E-state index in [9.17, 15) is 4.79 Å². The lowest BCUT2D eigenvalue weighted by Crippen LogP contribution is -2.33. The van der Waals surface area contributed by atoms with E-state index in [0.29, 0.717) is 0 Å². The van der Waals surface area contributed by atoms with Crippen LogP contribution in [0.3, 0.4) is 0 Å². The number of benzene rings is 1. The summed E-state index contributed by atoms with van der Waals surface area (Å²) in [7, 11) is 0. The van der Waals surface area contributed by atoms with Crippen LogP contribution in [0.4, 0.5) is 0 Å². The van der Waals surface area contributed by atoms with Crippen LogP contribution in [0.5, 0.6) is 0 Å². The van der Waals surface area contributed by atoms with Gasteiger partial charge in [0.25, 0.3) is 0 Å². The average Bonchev–Trinajstić information content (AvgIpc) is 3.02. The Balaban J connectivity index is 1.82. The maximum atomic E-state index is 11.1. The van der Waals surface area contributed by atoms with Crippen molar-refractivity contribution in [3.8, 4) is 11.3 Å². The molecule has 0 bridgehead atoms. The normalized spacial score (nSPS) is 18.0. The van der Waals surface area contributed by atoms with Crippen LogP contribution in [0.2, 0.25) is 5.02 Å². The van der Waals surface area contributed by atoms with Crippen LogP contribution in [0, 0.1) is 0 Å². The third-order valence-electron chi connectivity index (χ3n) is 4.66. The molecule has 1 unspecified atom stereocenters. The molecule has 4 rings (SSSR count). The van der Waals surface area contributed by atoms with Gasteiger partial charge in [-0.3, -0.25) is 4.79 Å². The van der Waals surface area contributed by atoms with Crippen LogP contribution in [0.15, 0.2) is 48.7 Å². The molecule has 1 aliphatic rings. The van der Waals surface area contributed by atoms with Gasteiger partial charge in [0.15, 0.2) is 0 Å². The number of rotatable bonds is 3. The fraction of sp³-hybridized carbons (Fsp3) is 0.263. The fourth-order valence-corrected chi connectivity index (χ4v) is 3.61. The van der Waals surface area contributed by atoms with E-state index in [2.05, 4.69) is 16.7 Å². The van der Waals surface area contributed by atoms with Gasteiger partial charge in [0.05, 0.1) is 11.2 Å². The zero-order chi connectivity index (χ0) is 16.5. The predicted octanol–water partition coefficient (Wildman–Crippen LogP) is 3.99. The Morgan fingerprint density at radius 1 is 1.17 bits per heavy atom. The third kappa shape index (κ3) is 2.67. The lowest BCUT2D eigenvalue weighted by atomic mass is 9.97. The monoisotopic (exact) mass is 339 g/mol. The average molecular weight is 340 g/mol. The molecule has 0 aliphatic carbocycles. The van der Waals surface area contributed by atoms with Crippen molar-refractivity contribution in [1.29, 1.82) is 0 Å². The van der Waals surface area contributed by atoms with Crippen molar-refractivity contribution < 1.29 is 4.79 Å². The number of aromatic nitrogens is 2. The predicted molar refractivity (Wildman–Crippen MR) is 95.3 cm³/mol.